The molecule has 0 aromatic heterocycles. The van der Waals surface area contributed by atoms with E-state index < -0.39 is 0 Å². The van der Waals surface area contributed by atoms with Crippen LogP contribution in [-0.4, -0.2) is 13.4 Å². The Hall–Kier alpha value is -1.71. The molecule has 0 saturated carbocycles. The van der Waals surface area contributed by atoms with Crippen LogP contribution in [0.1, 0.15) is 15.9 Å². The molecule has 0 aliphatic carbocycles. The summed E-state index contributed by atoms with van der Waals surface area (Å²) in [6.07, 6.45) is 0.701. The van der Waals surface area contributed by atoms with Crippen LogP contribution in [0.2, 0.25) is 10.0 Å². The minimum atomic E-state index is 0.260. The number of aldehydes is 1. The van der Waals surface area contributed by atoms with E-state index in [1.807, 2.05) is 18.2 Å². The average Bonchev–Trinajstić information content (AvgIpc) is 2.46. The van der Waals surface area contributed by atoms with Crippen LogP contribution in [0.25, 0.3) is 0 Å². The monoisotopic (exact) mass is 310 g/mol. The molecule has 3 nitrogen and oxygen atoms in total. The van der Waals surface area contributed by atoms with Crippen molar-refractivity contribution in [2.75, 3.05) is 7.11 Å². The van der Waals surface area contributed by atoms with Crippen LogP contribution in [0.15, 0.2) is 36.4 Å². The van der Waals surface area contributed by atoms with Gasteiger partial charge in [-0.3, -0.25) is 4.79 Å². The summed E-state index contributed by atoms with van der Waals surface area (Å²) >= 11 is 12.2. The van der Waals surface area contributed by atoms with Gasteiger partial charge in [0.05, 0.1) is 12.1 Å². The van der Waals surface area contributed by atoms with Crippen molar-refractivity contribution in [3.63, 3.8) is 0 Å². The van der Waals surface area contributed by atoms with E-state index in [1.165, 1.54) is 13.2 Å². The molecule has 2 rings (SSSR count). The minimum absolute atomic E-state index is 0.260. The van der Waals surface area contributed by atoms with Crippen LogP contribution in [-0.2, 0) is 6.61 Å². The van der Waals surface area contributed by atoms with Gasteiger partial charge in [-0.25, -0.2) is 0 Å². The zero-order valence-electron chi connectivity index (χ0n) is 10.7. The second-order valence-corrected chi connectivity index (χ2v) is 4.85. The maximum atomic E-state index is 10.8. The van der Waals surface area contributed by atoms with Gasteiger partial charge in [0.25, 0.3) is 0 Å². The molecule has 5 heteroatoms. The predicted octanol–water partition coefficient (Wildman–Crippen LogP) is 4.39. The molecule has 0 aliphatic heterocycles. The summed E-state index contributed by atoms with van der Waals surface area (Å²) in [6, 6.07) is 10.5. The van der Waals surface area contributed by atoms with Crippen molar-refractivity contribution in [3.05, 3.63) is 57.6 Å². The smallest absolute Gasteiger partial charge is 0.180 e. The molecule has 104 valence electrons. The van der Waals surface area contributed by atoms with Crippen molar-refractivity contribution in [2.45, 2.75) is 6.61 Å². The number of hydrogen-bond donors (Lipinski definition) is 0. The van der Waals surface area contributed by atoms with Crippen LogP contribution in [0.3, 0.4) is 0 Å². The molecular weight excluding hydrogens is 299 g/mol. The molecule has 0 spiro atoms. The third kappa shape index (κ3) is 3.24. The summed E-state index contributed by atoms with van der Waals surface area (Å²) in [7, 11) is 1.49. The quantitative estimate of drug-likeness (QED) is 0.768. The van der Waals surface area contributed by atoms with Crippen molar-refractivity contribution >= 4 is 29.5 Å². The van der Waals surface area contributed by atoms with Crippen LogP contribution in [0, 0.1) is 0 Å². The molecule has 20 heavy (non-hydrogen) atoms. The first-order valence-corrected chi connectivity index (χ1v) is 6.60. The minimum Gasteiger partial charge on any atom is -0.493 e. The number of benzene rings is 2. The van der Waals surface area contributed by atoms with Gasteiger partial charge in [0.15, 0.2) is 11.5 Å². The Labute approximate surface area is 127 Å². The largest absolute Gasteiger partial charge is 0.493 e. The van der Waals surface area contributed by atoms with Crippen molar-refractivity contribution < 1.29 is 14.3 Å². The summed E-state index contributed by atoms with van der Waals surface area (Å²) in [5, 5.41) is 0.936. The van der Waals surface area contributed by atoms with Gasteiger partial charge in [-0.2, -0.15) is 0 Å². The molecule has 0 atom stereocenters. The van der Waals surface area contributed by atoms with E-state index in [4.69, 9.17) is 32.7 Å². The third-order valence-corrected chi connectivity index (χ3v) is 3.37. The van der Waals surface area contributed by atoms with Crippen molar-refractivity contribution in [1.29, 1.82) is 0 Å². The SMILES string of the molecule is COc1cc(C=O)cc(Cl)c1OCc1ccccc1Cl. The predicted molar refractivity (Wildman–Crippen MR) is 79.2 cm³/mol. The number of hydrogen-bond acceptors (Lipinski definition) is 3. The lowest BCUT2D eigenvalue weighted by Crippen LogP contribution is -2.00. The molecule has 0 fully saturated rings. The molecule has 0 radical (unpaired) electrons. The highest BCUT2D eigenvalue weighted by atomic mass is 35.5. The van der Waals surface area contributed by atoms with E-state index in [2.05, 4.69) is 0 Å². The first-order valence-electron chi connectivity index (χ1n) is 5.84. The normalized spacial score (nSPS) is 10.2. The maximum Gasteiger partial charge on any atom is 0.180 e. The molecule has 0 saturated heterocycles. The van der Waals surface area contributed by atoms with Gasteiger partial charge in [0.2, 0.25) is 0 Å². The highest BCUT2D eigenvalue weighted by molar-refractivity contribution is 6.32. The van der Waals surface area contributed by atoms with Gasteiger partial charge < -0.3 is 9.47 Å². The fourth-order valence-electron chi connectivity index (χ4n) is 1.71. The molecule has 0 bridgehead atoms. The topological polar surface area (TPSA) is 35.5 Å². The standard InChI is InChI=1S/C15H12Cl2O3/c1-19-14-7-10(8-18)6-13(17)15(14)20-9-11-4-2-3-5-12(11)16/h2-8H,9H2,1H3. The number of rotatable bonds is 5. The number of carbonyl (C=O) groups is 1. The number of methoxy groups -OCH3 is 1. The summed E-state index contributed by atoms with van der Waals surface area (Å²) in [5.74, 6) is 0.798. The molecule has 2 aromatic rings. The first kappa shape index (κ1) is 14.7. The van der Waals surface area contributed by atoms with Gasteiger partial charge >= 0.3 is 0 Å². The summed E-state index contributed by atoms with van der Waals surface area (Å²) < 4.78 is 10.9. The average molecular weight is 311 g/mol. The second-order valence-electron chi connectivity index (χ2n) is 4.03. The lowest BCUT2D eigenvalue weighted by Gasteiger charge is -2.13. The fraction of sp³-hybridized carbons (Fsp3) is 0.133. The van der Waals surface area contributed by atoms with Crippen LogP contribution in [0.5, 0.6) is 11.5 Å². The van der Waals surface area contributed by atoms with Crippen molar-refractivity contribution in [2.24, 2.45) is 0 Å². The highest BCUT2D eigenvalue weighted by Crippen LogP contribution is 2.36. The molecule has 0 heterocycles. The van der Waals surface area contributed by atoms with E-state index in [0.29, 0.717) is 33.4 Å². The molecule has 0 aliphatic rings. The second kappa shape index (κ2) is 6.64. The van der Waals surface area contributed by atoms with Crippen molar-refractivity contribution in [1.82, 2.24) is 0 Å². The Morgan fingerprint density at radius 1 is 1.15 bits per heavy atom. The summed E-state index contributed by atoms with van der Waals surface area (Å²) in [4.78, 5) is 10.8. The van der Waals surface area contributed by atoms with Crippen LogP contribution < -0.4 is 9.47 Å². The molecular formula is C15H12Cl2O3. The van der Waals surface area contributed by atoms with Gasteiger partial charge in [0, 0.05) is 16.1 Å². The Kier molecular flexibility index (Phi) is 4.88. The van der Waals surface area contributed by atoms with Crippen LogP contribution in [0.4, 0.5) is 0 Å². The highest BCUT2D eigenvalue weighted by Gasteiger charge is 2.12. The van der Waals surface area contributed by atoms with E-state index in [1.54, 1.807) is 12.1 Å². The van der Waals surface area contributed by atoms with Gasteiger partial charge in [-0.1, -0.05) is 41.4 Å². The van der Waals surface area contributed by atoms with Gasteiger partial charge in [0.1, 0.15) is 12.9 Å². The zero-order valence-corrected chi connectivity index (χ0v) is 12.2. The summed E-state index contributed by atoms with van der Waals surface area (Å²) in [6.45, 7) is 0.260. The lowest BCUT2D eigenvalue weighted by molar-refractivity contribution is 0.112. The fourth-order valence-corrected chi connectivity index (χ4v) is 2.18. The Morgan fingerprint density at radius 3 is 2.55 bits per heavy atom. The Bertz CT molecular complexity index is 627. The van der Waals surface area contributed by atoms with E-state index in [-0.39, 0.29) is 6.61 Å². The van der Waals surface area contributed by atoms with Crippen molar-refractivity contribution in [3.8, 4) is 11.5 Å². The van der Waals surface area contributed by atoms with E-state index in [0.717, 1.165) is 5.56 Å². The van der Waals surface area contributed by atoms with E-state index >= 15 is 0 Å². The van der Waals surface area contributed by atoms with Crippen LogP contribution >= 0.6 is 23.2 Å². The molecule has 0 amide bonds. The van der Waals surface area contributed by atoms with Gasteiger partial charge in [-0.15, -0.1) is 0 Å². The summed E-state index contributed by atoms with van der Waals surface area (Å²) in [5.41, 5.74) is 1.27. The molecule has 0 unspecified atom stereocenters. The Morgan fingerprint density at radius 2 is 1.90 bits per heavy atom. The van der Waals surface area contributed by atoms with E-state index in [9.17, 15) is 4.79 Å². The number of ether oxygens (including phenoxy) is 2. The maximum absolute atomic E-state index is 10.8. The van der Waals surface area contributed by atoms with Gasteiger partial charge in [-0.05, 0) is 18.2 Å². The molecule has 0 N–H and O–H groups in total. The number of halogens is 2. The number of carbonyl (C=O) groups excluding carboxylic acids is 1. The first-order chi connectivity index (χ1) is 9.65. The lowest BCUT2D eigenvalue weighted by atomic mass is 10.2. The zero-order chi connectivity index (χ0) is 14.5. The Balaban J connectivity index is 2.25. The molecule has 2 aromatic carbocycles. The third-order valence-electron chi connectivity index (χ3n) is 2.72.